The van der Waals surface area contributed by atoms with Gasteiger partial charge in [-0.2, -0.15) is 4.98 Å². The van der Waals surface area contributed by atoms with E-state index in [0.717, 1.165) is 23.4 Å². The smallest absolute Gasteiger partial charge is 0.246 e. The van der Waals surface area contributed by atoms with Crippen molar-refractivity contribution in [3.63, 3.8) is 0 Å². The minimum Gasteiger partial charge on any atom is -0.360 e. The molecule has 1 aliphatic heterocycles. The monoisotopic (exact) mass is 348 g/mol. The molecule has 0 atom stereocenters. The lowest BCUT2D eigenvalue weighted by Gasteiger charge is -2.21. The molecule has 26 heavy (non-hydrogen) atoms. The van der Waals surface area contributed by atoms with Crippen LogP contribution in [0, 0.1) is 0 Å². The molecule has 132 valence electrons. The Hall–Kier alpha value is -3.15. The number of nitrogens with one attached hydrogen (secondary N) is 1. The molecule has 0 bridgehead atoms. The SMILES string of the molecule is CCc1ccc(-c2noc(CN3CCC(=O)Nc4ccccc43)n2)cc1. The zero-order chi connectivity index (χ0) is 17.9. The van der Waals surface area contributed by atoms with E-state index < -0.39 is 0 Å². The van der Waals surface area contributed by atoms with Crippen LogP contribution in [0.2, 0.25) is 0 Å². The second-order valence-electron chi connectivity index (χ2n) is 6.30. The Bertz CT molecular complexity index is 918. The molecule has 0 saturated carbocycles. The van der Waals surface area contributed by atoms with E-state index in [-0.39, 0.29) is 5.91 Å². The maximum Gasteiger partial charge on any atom is 0.246 e. The number of hydrogen-bond donors (Lipinski definition) is 1. The number of anilines is 2. The summed E-state index contributed by atoms with van der Waals surface area (Å²) >= 11 is 0. The van der Waals surface area contributed by atoms with Crippen LogP contribution in [0.5, 0.6) is 0 Å². The van der Waals surface area contributed by atoms with Gasteiger partial charge >= 0.3 is 0 Å². The van der Waals surface area contributed by atoms with E-state index in [1.165, 1.54) is 5.56 Å². The number of aryl methyl sites for hydroxylation is 1. The number of hydrogen-bond acceptors (Lipinski definition) is 5. The van der Waals surface area contributed by atoms with E-state index >= 15 is 0 Å². The molecule has 1 N–H and O–H groups in total. The van der Waals surface area contributed by atoms with Gasteiger partial charge in [0.1, 0.15) is 0 Å². The van der Waals surface area contributed by atoms with Gasteiger partial charge in [-0.05, 0) is 24.1 Å². The third-order valence-electron chi connectivity index (χ3n) is 4.54. The highest BCUT2D eigenvalue weighted by Crippen LogP contribution is 2.29. The van der Waals surface area contributed by atoms with Gasteiger partial charge in [-0.3, -0.25) is 4.79 Å². The van der Waals surface area contributed by atoms with Crippen LogP contribution >= 0.6 is 0 Å². The van der Waals surface area contributed by atoms with Gasteiger partial charge < -0.3 is 14.7 Å². The van der Waals surface area contributed by atoms with Crippen LogP contribution in [-0.4, -0.2) is 22.6 Å². The predicted molar refractivity (Wildman–Crippen MR) is 99.9 cm³/mol. The third kappa shape index (κ3) is 3.31. The number of benzene rings is 2. The number of amides is 1. The van der Waals surface area contributed by atoms with E-state index in [2.05, 4.69) is 39.4 Å². The number of aromatic nitrogens is 2. The van der Waals surface area contributed by atoms with Crippen molar-refractivity contribution < 1.29 is 9.32 Å². The summed E-state index contributed by atoms with van der Waals surface area (Å²) in [7, 11) is 0. The molecule has 6 heteroatoms. The lowest BCUT2D eigenvalue weighted by Crippen LogP contribution is -2.24. The summed E-state index contributed by atoms with van der Waals surface area (Å²) in [6.45, 7) is 3.19. The fraction of sp³-hybridized carbons (Fsp3) is 0.250. The first kappa shape index (κ1) is 16.3. The molecule has 0 aliphatic carbocycles. The quantitative estimate of drug-likeness (QED) is 0.779. The Balaban J connectivity index is 1.56. The second kappa shape index (κ2) is 7.00. The maximum atomic E-state index is 11.9. The highest BCUT2D eigenvalue weighted by Gasteiger charge is 2.21. The van der Waals surface area contributed by atoms with E-state index in [0.29, 0.717) is 31.2 Å². The standard InChI is InChI=1S/C20H20N4O2/c1-2-14-7-9-15(10-8-14)20-22-19(26-23-20)13-24-12-11-18(25)21-16-5-3-4-6-17(16)24/h3-10H,2,11-13H2,1H3,(H,21,25). The van der Waals surface area contributed by atoms with Crippen LogP contribution in [0.3, 0.4) is 0 Å². The van der Waals surface area contributed by atoms with Gasteiger partial charge in [0.2, 0.25) is 17.6 Å². The molecule has 0 saturated heterocycles. The van der Waals surface area contributed by atoms with Gasteiger partial charge in [-0.25, -0.2) is 0 Å². The van der Waals surface area contributed by atoms with Crippen molar-refractivity contribution in [2.75, 3.05) is 16.8 Å². The highest BCUT2D eigenvalue weighted by molar-refractivity contribution is 5.96. The highest BCUT2D eigenvalue weighted by atomic mass is 16.5. The predicted octanol–water partition coefficient (Wildman–Crippen LogP) is 3.65. The topological polar surface area (TPSA) is 71.3 Å². The number of carbonyl (C=O) groups is 1. The summed E-state index contributed by atoms with van der Waals surface area (Å²) in [6, 6.07) is 15.9. The Kier molecular flexibility index (Phi) is 4.39. The first-order chi connectivity index (χ1) is 12.7. The molecule has 0 unspecified atom stereocenters. The average Bonchev–Trinajstić information content (AvgIpc) is 3.08. The van der Waals surface area contributed by atoms with Crippen LogP contribution in [0.15, 0.2) is 53.1 Å². The summed E-state index contributed by atoms with van der Waals surface area (Å²) < 4.78 is 5.45. The summed E-state index contributed by atoms with van der Waals surface area (Å²) in [5.41, 5.74) is 3.98. The van der Waals surface area contributed by atoms with Crippen molar-refractivity contribution in [1.82, 2.24) is 10.1 Å². The van der Waals surface area contributed by atoms with Gasteiger partial charge in [0.25, 0.3) is 0 Å². The van der Waals surface area contributed by atoms with Crippen LogP contribution in [0.25, 0.3) is 11.4 Å². The minimum atomic E-state index is 0.0159. The zero-order valence-corrected chi connectivity index (χ0v) is 14.6. The molecular weight excluding hydrogens is 328 g/mol. The average molecular weight is 348 g/mol. The van der Waals surface area contributed by atoms with E-state index in [1.807, 2.05) is 36.4 Å². The van der Waals surface area contributed by atoms with Gasteiger partial charge in [-0.1, -0.05) is 48.5 Å². The number of rotatable bonds is 4. The number of fused-ring (bicyclic) bond motifs is 1. The Labute approximate surface area is 151 Å². The van der Waals surface area contributed by atoms with Crippen molar-refractivity contribution in [3.05, 3.63) is 60.0 Å². The summed E-state index contributed by atoms with van der Waals surface area (Å²) in [6.07, 6.45) is 1.42. The normalized spacial score (nSPS) is 13.9. The molecule has 0 fully saturated rings. The lowest BCUT2D eigenvalue weighted by atomic mass is 10.1. The van der Waals surface area contributed by atoms with Crippen LogP contribution < -0.4 is 10.2 Å². The van der Waals surface area contributed by atoms with Crippen molar-refractivity contribution >= 4 is 17.3 Å². The molecular formula is C20H20N4O2. The summed E-state index contributed by atoms with van der Waals surface area (Å²) in [5, 5.41) is 7.04. The third-order valence-corrected chi connectivity index (χ3v) is 4.54. The Morgan fingerprint density at radius 1 is 1.15 bits per heavy atom. The number of nitrogens with zero attached hydrogens (tertiary/aromatic N) is 3. The molecule has 4 rings (SSSR count). The van der Waals surface area contributed by atoms with Gasteiger partial charge in [-0.15, -0.1) is 0 Å². The van der Waals surface area contributed by atoms with Crippen LogP contribution in [-0.2, 0) is 17.8 Å². The molecule has 1 amide bonds. The van der Waals surface area contributed by atoms with Crippen LogP contribution in [0.1, 0.15) is 24.8 Å². The van der Waals surface area contributed by atoms with Crippen LogP contribution in [0.4, 0.5) is 11.4 Å². The fourth-order valence-corrected chi connectivity index (χ4v) is 3.08. The lowest BCUT2D eigenvalue weighted by molar-refractivity contribution is -0.115. The van der Waals surface area contributed by atoms with Crippen molar-refractivity contribution in [2.45, 2.75) is 26.3 Å². The number of para-hydroxylation sites is 2. The Morgan fingerprint density at radius 2 is 1.96 bits per heavy atom. The Morgan fingerprint density at radius 3 is 2.77 bits per heavy atom. The first-order valence-corrected chi connectivity index (χ1v) is 8.78. The van der Waals surface area contributed by atoms with E-state index in [9.17, 15) is 4.79 Å². The number of carbonyl (C=O) groups excluding carboxylic acids is 1. The van der Waals surface area contributed by atoms with Gasteiger partial charge in [0.05, 0.1) is 17.9 Å². The van der Waals surface area contributed by atoms with Crippen molar-refractivity contribution in [1.29, 1.82) is 0 Å². The van der Waals surface area contributed by atoms with Gasteiger partial charge in [0, 0.05) is 18.5 Å². The molecule has 1 aromatic heterocycles. The molecule has 2 heterocycles. The van der Waals surface area contributed by atoms with Crippen molar-refractivity contribution in [3.8, 4) is 11.4 Å². The minimum absolute atomic E-state index is 0.0159. The van der Waals surface area contributed by atoms with Gasteiger partial charge in [0.15, 0.2) is 0 Å². The summed E-state index contributed by atoms with van der Waals surface area (Å²) in [5.74, 6) is 1.13. The molecule has 3 aromatic rings. The molecule has 0 radical (unpaired) electrons. The molecule has 1 aliphatic rings. The zero-order valence-electron chi connectivity index (χ0n) is 14.6. The first-order valence-electron chi connectivity index (χ1n) is 8.78. The van der Waals surface area contributed by atoms with Crippen molar-refractivity contribution in [2.24, 2.45) is 0 Å². The second-order valence-corrected chi connectivity index (χ2v) is 6.30. The summed E-state index contributed by atoms with van der Waals surface area (Å²) in [4.78, 5) is 18.5. The molecule has 2 aromatic carbocycles. The van der Waals surface area contributed by atoms with E-state index in [1.54, 1.807) is 0 Å². The molecule has 0 spiro atoms. The molecule has 6 nitrogen and oxygen atoms in total. The fourth-order valence-electron chi connectivity index (χ4n) is 3.08. The maximum absolute atomic E-state index is 11.9. The van der Waals surface area contributed by atoms with E-state index in [4.69, 9.17) is 4.52 Å². The largest absolute Gasteiger partial charge is 0.360 e.